The van der Waals surface area contributed by atoms with Crippen LogP contribution in [0, 0.1) is 0 Å². The van der Waals surface area contributed by atoms with Crippen molar-refractivity contribution in [3.05, 3.63) is 18.9 Å². The minimum absolute atomic E-state index is 0. The minimum Gasteiger partial charge on any atom is -1.00 e. The summed E-state index contributed by atoms with van der Waals surface area (Å²) in [5.41, 5.74) is 1.59. The summed E-state index contributed by atoms with van der Waals surface area (Å²) < 4.78 is 0. The summed E-state index contributed by atoms with van der Waals surface area (Å²) in [5.74, 6) is 0. The Kier molecular flexibility index (Phi) is 2.93. The Bertz CT molecular complexity index is 292. The largest absolute Gasteiger partial charge is 1.00 e. The van der Waals surface area contributed by atoms with Crippen molar-refractivity contribution in [1.29, 1.82) is 0 Å². The molecule has 46 valence electrons. The molecule has 0 saturated carbocycles. The fourth-order valence-electron chi connectivity index (χ4n) is 0.691. The van der Waals surface area contributed by atoms with Gasteiger partial charge in [-0.15, -0.1) is 0 Å². The SMILES string of the molecule is [H-].[K+].c1ncc2[nH]cnc2n1. The van der Waals surface area contributed by atoms with Crippen LogP contribution in [0.25, 0.3) is 11.2 Å². The van der Waals surface area contributed by atoms with E-state index in [2.05, 4.69) is 19.9 Å². The van der Waals surface area contributed by atoms with E-state index in [1.165, 1.54) is 6.33 Å². The molecule has 4 nitrogen and oxygen atoms in total. The van der Waals surface area contributed by atoms with Crippen LogP contribution in [0.3, 0.4) is 0 Å². The Labute approximate surface area is 101 Å². The molecule has 2 heterocycles. The number of aromatic nitrogens is 4. The summed E-state index contributed by atoms with van der Waals surface area (Å²) in [7, 11) is 0. The number of rotatable bonds is 0. The number of fused-ring (bicyclic) bond motifs is 1. The van der Waals surface area contributed by atoms with Crippen LogP contribution in [0.15, 0.2) is 18.9 Å². The molecule has 0 bridgehead atoms. The van der Waals surface area contributed by atoms with Crippen LogP contribution in [-0.2, 0) is 0 Å². The smallest absolute Gasteiger partial charge is 1.00 e. The van der Waals surface area contributed by atoms with Crippen LogP contribution in [0.4, 0.5) is 0 Å². The second-order valence-electron chi connectivity index (χ2n) is 1.66. The van der Waals surface area contributed by atoms with Crippen molar-refractivity contribution < 1.29 is 52.8 Å². The number of H-pyrrole nitrogens is 1. The summed E-state index contributed by atoms with van der Waals surface area (Å²) >= 11 is 0. The Morgan fingerprint density at radius 3 is 3.10 bits per heavy atom. The van der Waals surface area contributed by atoms with E-state index < -0.39 is 0 Å². The molecular formula is C5H5KN4. The van der Waals surface area contributed by atoms with E-state index in [1.807, 2.05) is 0 Å². The maximum Gasteiger partial charge on any atom is 1.00 e. The molecule has 0 aliphatic carbocycles. The van der Waals surface area contributed by atoms with Crippen LogP contribution in [0.1, 0.15) is 1.43 Å². The van der Waals surface area contributed by atoms with Gasteiger partial charge >= 0.3 is 51.4 Å². The van der Waals surface area contributed by atoms with Crippen molar-refractivity contribution in [2.24, 2.45) is 0 Å². The molecule has 0 saturated heterocycles. The third-order valence-corrected chi connectivity index (χ3v) is 1.10. The van der Waals surface area contributed by atoms with Crippen molar-refractivity contribution in [1.82, 2.24) is 19.9 Å². The number of imidazole rings is 1. The molecule has 5 heteroatoms. The first-order valence-corrected chi connectivity index (χ1v) is 2.56. The van der Waals surface area contributed by atoms with Crippen molar-refractivity contribution in [2.75, 3.05) is 0 Å². The predicted molar refractivity (Wildman–Crippen MR) is 32.8 cm³/mol. The quantitative estimate of drug-likeness (QED) is 0.432. The van der Waals surface area contributed by atoms with E-state index in [1.54, 1.807) is 12.5 Å². The van der Waals surface area contributed by atoms with E-state index in [9.17, 15) is 0 Å². The standard InChI is InChI=1S/C5H4N4.K.H/c1-4-5(8-2-6-1)9-3-7-4;;/h1-3H,(H,6,7,8,9);;/q;+1;-1. The molecule has 0 atom stereocenters. The van der Waals surface area contributed by atoms with Gasteiger partial charge in [0, 0.05) is 0 Å². The van der Waals surface area contributed by atoms with Gasteiger partial charge in [-0.05, 0) is 0 Å². The Morgan fingerprint density at radius 1 is 1.40 bits per heavy atom. The molecule has 0 fully saturated rings. The maximum absolute atomic E-state index is 3.91. The average molecular weight is 160 g/mol. The third-order valence-electron chi connectivity index (χ3n) is 1.10. The molecule has 0 aliphatic rings. The normalized spacial score (nSPS) is 9.20. The molecule has 2 rings (SSSR count). The summed E-state index contributed by atoms with van der Waals surface area (Å²) in [4.78, 5) is 14.5. The van der Waals surface area contributed by atoms with Crippen LogP contribution >= 0.6 is 0 Å². The average Bonchev–Trinajstić information content (AvgIpc) is 2.33. The van der Waals surface area contributed by atoms with Gasteiger partial charge < -0.3 is 6.41 Å². The molecule has 0 aliphatic heterocycles. The van der Waals surface area contributed by atoms with Gasteiger partial charge in [0.15, 0.2) is 5.65 Å². The zero-order chi connectivity index (χ0) is 6.10. The first-order valence-electron chi connectivity index (χ1n) is 2.56. The number of nitrogens with zero attached hydrogens (tertiary/aromatic N) is 3. The summed E-state index contributed by atoms with van der Waals surface area (Å²) in [6.07, 6.45) is 4.76. The zero-order valence-corrected chi connectivity index (χ0v) is 8.70. The number of aromatic amines is 1. The van der Waals surface area contributed by atoms with E-state index in [4.69, 9.17) is 0 Å². The molecule has 0 aromatic carbocycles. The molecule has 1 N–H and O–H groups in total. The van der Waals surface area contributed by atoms with Gasteiger partial charge in [-0.1, -0.05) is 0 Å². The molecule has 0 amide bonds. The second-order valence-corrected chi connectivity index (χ2v) is 1.66. The minimum atomic E-state index is 0. The fraction of sp³-hybridized carbons (Fsp3) is 0. The van der Waals surface area contributed by atoms with Crippen LogP contribution < -0.4 is 51.4 Å². The van der Waals surface area contributed by atoms with E-state index in [-0.39, 0.29) is 52.8 Å². The van der Waals surface area contributed by atoms with E-state index in [0.29, 0.717) is 5.65 Å². The molecular weight excluding hydrogens is 155 g/mol. The van der Waals surface area contributed by atoms with Gasteiger partial charge in [-0.25, -0.2) is 15.0 Å². The second kappa shape index (κ2) is 3.54. The van der Waals surface area contributed by atoms with Gasteiger partial charge in [0.1, 0.15) is 11.8 Å². The Balaban J connectivity index is 0.000000500. The number of hydrogen-bond acceptors (Lipinski definition) is 3. The van der Waals surface area contributed by atoms with Crippen molar-refractivity contribution in [3.8, 4) is 0 Å². The van der Waals surface area contributed by atoms with Crippen molar-refractivity contribution >= 4 is 11.2 Å². The first kappa shape index (κ1) is 8.28. The van der Waals surface area contributed by atoms with Crippen LogP contribution in [0.5, 0.6) is 0 Å². The Morgan fingerprint density at radius 2 is 2.30 bits per heavy atom. The molecule has 10 heavy (non-hydrogen) atoms. The first-order chi connectivity index (χ1) is 4.47. The maximum atomic E-state index is 3.91. The molecule has 2 aromatic heterocycles. The third kappa shape index (κ3) is 1.43. The van der Waals surface area contributed by atoms with Crippen molar-refractivity contribution in [3.63, 3.8) is 0 Å². The molecule has 0 radical (unpaired) electrons. The van der Waals surface area contributed by atoms with Gasteiger partial charge in [0.2, 0.25) is 0 Å². The van der Waals surface area contributed by atoms with Crippen LogP contribution in [-0.4, -0.2) is 19.9 Å². The summed E-state index contributed by atoms with van der Waals surface area (Å²) in [6.45, 7) is 0. The number of hydrogen-bond donors (Lipinski definition) is 1. The predicted octanol–water partition coefficient (Wildman–Crippen LogP) is -2.53. The topological polar surface area (TPSA) is 54.5 Å². The monoisotopic (exact) mass is 160 g/mol. The van der Waals surface area contributed by atoms with Gasteiger partial charge in [-0.2, -0.15) is 0 Å². The summed E-state index contributed by atoms with van der Waals surface area (Å²) in [6, 6.07) is 0. The number of nitrogens with one attached hydrogen (secondary N) is 1. The van der Waals surface area contributed by atoms with Gasteiger partial charge in [0.25, 0.3) is 0 Å². The van der Waals surface area contributed by atoms with Gasteiger partial charge in [-0.3, -0.25) is 0 Å². The summed E-state index contributed by atoms with van der Waals surface area (Å²) in [5, 5.41) is 0. The van der Waals surface area contributed by atoms with E-state index >= 15 is 0 Å². The van der Waals surface area contributed by atoms with Crippen LogP contribution in [0.2, 0.25) is 0 Å². The Hall–Kier alpha value is 0.186. The van der Waals surface area contributed by atoms with Crippen molar-refractivity contribution in [2.45, 2.75) is 0 Å². The van der Waals surface area contributed by atoms with E-state index in [0.717, 1.165) is 5.52 Å². The molecule has 2 aromatic rings. The molecule has 0 unspecified atom stereocenters. The fourth-order valence-corrected chi connectivity index (χ4v) is 0.691. The molecule has 0 spiro atoms. The zero-order valence-electron chi connectivity index (χ0n) is 6.57. The van der Waals surface area contributed by atoms with Gasteiger partial charge in [0.05, 0.1) is 12.5 Å².